The first-order valence-electron chi connectivity index (χ1n) is 10.1. The molecule has 1 N–H and O–H groups in total. The number of carbonyl (C=O) groups excluding carboxylic acids is 2. The van der Waals surface area contributed by atoms with Gasteiger partial charge in [0.05, 0.1) is 0 Å². The summed E-state index contributed by atoms with van der Waals surface area (Å²) in [7, 11) is 0. The minimum atomic E-state index is -0.606. The Morgan fingerprint density at radius 2 is 1.73 bits per heavy atom. The fourth-order valence-corrected chi connectivity index (χ4v) is 3.24. The molecule has 2 unspecified atom stereocenters. The predicted molar refractivity (Wildman–Crippen MR) is 121 cm³/mol. The van der Waals surface area contributed by atoms with Gasteiger partial charge in [0.15, 0.2) is 6.61 Å². The molecular weight excluding hydrogens is 423 g/mol. The third kappa shape index (κ3) is 7.22. The topological polar surface area (TPSA) is 58.6 Å². The normalized spacial score (nSPS) is 12.7. The minimum Gasteiger partial charge on any atom is -0.484 e. The van der Waals surface area contributed by atoms with Gasteiger partial charge in [-0.1, -0.05) is 55.2 Å². The van der Waals surface area contributed by atoms with Gasteiger partial charge in [0.2, 0.25) is 5.91 Å². The summed E-state index contributed by atoms with van der Waals surface area (Å²) in [5.41, 5.74) is 0.880. The lowest BCUT2D eigenvalue weighted by molar-refractivity contribution is -0.143. The van der Waals surface area contributed by atoms with Crippen LogP contribution in [0.4, 0.5) is 0 Å². The van der Waals surface area contributed by atoms with E-state index in [-0.39, 0.29) is 31.0 Å². The van der Waals surface area contributed by atoms with Gasteiger partial charge in [-0.25, -0.2) is 0 Å². The van der Waals surface area contributed by atoms with Crippen LogP contribution in [-0.2, 0) is 16.1 Å². The number of nitrogens with one attached hydrogen (secondary N) is 1. The van der Waals surface area contributed by atoms with Crippen molar-refractivity contribution in [1.82, 2.24) is 10.2 Å². The van der Waals surface area contributed by atoms with Crippen molar-refractivity contribution in [1.29, 1.82) is 0 Å². The Morgan fingerprint density at radius 1 is 1.03 bits per heavy atom. The Balaban J connectivity index is 2.20. The van der Waals surface area contributed by atoms with Crippen LogP contribution in [0.15, 0.2) is 48.5 Å². The molecule has 0 spiro atoms. The van der Waals surface area contributed by atoms with E-state index in [0.717, 1.165) is 12.0 Å². The number of hydrogen-bond acceptors (Lipinski definition) is 3. The molecule has 7 heteroatoms. The number of halogens is 2. The van der Waals surface area contributed by atoms with Crippen LogP contribution >= 0.6 is 23.2 Å². The van der Waals surface area contributed by atoms with E-state index in [2.05, 4.69) is 5.32 Å². The van der Waals surface area contributed by atoms with E-state index < -0.39 is 6.04 Å². The van der Waals surface area contributed by atoms with Gasteiger partial charge in [0, 0.05) is 22.6 Å². The lowest BCUT2D eigenvalue weighted by Gasteiger charge is -2.31. The summed E-state index contributed by atoms with van der Waals surface area (Å²) in [5, 5.41) is 4.12. The minimum absolute atomic E-state index is 0.0294. The molecule has 30 heavy (non-hydrogen) atoms. The summed E-state index contributed by atoms with van der Waals surface area (Å²) in [6, 6.07) is 13.5. The first kappa shape index (κ1) is 24.0. The van der Waals surface area contributed by atoms with Crippen molar-refractivity contribution in [3.63, 3.8) is 0 Å². The highest BCUT2D eigenvalue weighted by Crippen LogP contribution is 2.19. The number of carbonyl (C=O) groups is 2. The summed E-state index contributed by atoms with van der Waals surface area (Å²) in [4.78, 5) is 27.5. The second-order valence-corrected chi connectivity index (χ2v) is 8.01. The maximum atomic E-state index is 13.1. The molecule has 0 aliphatic rings. The highest BCUT2D eigenvalue weighted by atomic mass is 35.5. The maximum absolute atomic E-state index is 13.1. The van der Waals surface area contributed by atoms with Crippen molar-refractivity contribution in [3.8, 4) is 5.75 Å². The lowest BCUT2D eigenvalue weighted by Crippen LogP contribution is -2.51. The standard InChI is InChI=1S/C23H28Cl2N2O3/c1-4-16(3)26-23(29)21(5-2)27(14-17-9-11-18(24)12-10-17)22(28)15-30-20-8-6-7-19(25)13-20/h6-13,16,21H,4-5,14-15H2,1-3H3,(H,26,29). The van der Waals surface area contributed by atoms with Gasteiger partial charge in [0.25, 0.3) is 5.91 Å². The second kappa shape index (κ2) is 11.8. The summed E-state index contributed by atoms with van der Waals surface area (Å²) < 4.78 is 5.63. The molecule has 2 atom stereocenters. The molecular formula is C23H28Cl2N2O3. The van der Waals surface area contributed by atoms with E-state index in [1.54, 1.807) is 41.3 Å². The molecule has 2 amide bonds. The predicted octanol–water partition coefficient (Wildman–Crippen LogP) is 5.09. The molecule has 162 valence electrons. The fourth-order valence-electron chi connectivity index (χ4n) is 2.93. The molecule has 5 nitrogen and oxygen atoms in total. The molecule has 0 bridgehead atoms. The van der Waals surface area contributed by atoms with E-state index in [0.29, 0.717) is 22.2 Å². The molecule has 2 rings (SSSR count). The van der Waals surface area contributed by atoms with Crippen LogP contribution in [0.5, 0.6) is 5.75 Å². The molecule has 0 aliphatic carbocycles. The van der Waals surface area contributed by atoms with Crippen molar-refractivity contribution >= 4 is 35.0 Å². The highest BCUT2D eigenvalue weighted by Gasteiger charge is 2.29. The monoisotopic (exact) mass is 450 g/mol. The second-order valence-electron chi connectivity index (χ2n) is 7.14. The van der Waals surface area contributed by atoms with Crippen LogP contribution in [0.3, 0.4) is 0 Å². The number of amides is 2. The Kier molecular flexibility index (Phi) is 9.47. The van der Waals surface area contributed by atoms with Gasteiger partial charge in [-0.3, -0.25) is 9.59 Å². The Hall–Kier alpha value is -2.24. The van der Waals surface area contributed by atoms with Crippen molar-refractivity contribution < 1.29 is 14.3 Å². The zero-order chi connectivity index (χ0) is 22.1. The van der Waals surface area contributed by atoms with Gasteiger partial charge in [0.1, 0.15) is 11.8 Å². The fraction of sp³-hybridized carbons (Fsp3) is 0.391. The Bertz CT molecular complexity index is 843. The average Bonchev–Trinajstić information content (AvgIpc) is 2.73. The van der Waals surface area contributed by atoms with Gasteiger partial charge in [-0.2, -0.15) is 0 Å². The zero-order valence-electron chi connectivity index (χ0n) is 17.5. The molecule has 0 saturated heterocycles. The Morgan fingerprint density at radius 3 is 2.33 bits per heavy atom. The van der Waals surface area contributed by atoms with E-state index in [1.165, 1.54) is 0 Å². The number of nitrogens with zero attached hydrogens (tertiary/aromatic N) is 1. The van der Waals surface area contributed by atoms with Crippen LogP contribution in [0.1, 0.15) is 39.2 Å². The van der Waals surface area contributed by atoms with Gasteiger partial charge < -0.3 is 15.0 Å². The molecule has 2 aromatic rings. The number of rotatable bonds is 10. The van der Waals surface area contributed by atoms with Crippen LogP contribution in [0.2, 0.25) is 10.0 Å². The van der Waals surface area contributed by atoms with Crippen molar-refractivity contribution in [2.45, 2.75) is 52.2 Å². The average molecular weight is 451 g/mol. The third-order valence-electron chi connectivity index (χ3n) is 4.81. The smallest absolute Gasteiger partial charge is 0.261 e. The summed E-state index contributed by atoms with van der Waals surface area (Å²) in [5.74, 6) is 0.0485. The van der Waals surface area contributed by atoms with Crippen LogP contribution in [-0.4, -0.2) is 35.4 Å². The largest absolute Gasteiger partial charge is 0.484 e. The molecule has 0 heterocycles. The van der Waals surface area contributed by atoms with Crippen LogP contribution < -0.4 is 10.1 Å². The molecule has 0 aromatic heterocycles. The zero-order valence-corrected chi connectivity index (χ0v) is 19.0. The summed E-state index contributed by atoms with van der Waals surface area (Å²) in [6.07, 6.45) is 1.30. The molecule has 0 aliphatic heterocycles. The number of hydrogen-bond donors (Lipinski definition) is 1. The van der Waals surface area contributed by atoms with Crippen molar-refractivity contribution in [2.75, 3.05) is 6.61 Å². The molecule has 0 saturated carbocycles. The van der Waals surface area contributed by atoms with Gasteiger partial charge in [-0.15, -0.1) is 0 Å². The van der Waals surface area contributed by atoms with Gasteiger partial charge >= 0.3 is 0 Å². The van der Waals surface area contributed by atoms with E-state index in [4.69, 9.17) is 27.9 Å². The molecule has 2 aromatic carbocycles. The maximum Gasteiger partial charge on any atom is 0.261 e. The molecule has 0 fully saturated rings. The summed E-state index contributed by atoms with van der Waals surface area (Å²) in [6.45, 7) is 5.92. The van der Waals surface area contributed by atoms with Crippen LogP contribution in [0, 0.1) is 0 Å². The van der Waals surface area contributed by atoms with Crippen molar-refractivity contribution in [2.24, 2.45) is 0 Å². The quantitative estimate of drug-likeness (QED) is 0.547. The Labute approximate surface area is 188 Å². The van der Waals surface area contributed by atoms with Crippen LogP contribution in [0.25, 0.3) is 0 Å². The SMILES string of the molecule is CCC(C)NC(=O)C(CC)N(Cc1ccc(Cl)cc1)C(=O)COc1cccc(Cl)c1. The number of ether oxygens (including phenoxy) is 1. The molecule has 0 radical (unpaired) electrons. The van der Waals surface area contributed by atoms with E-state index in [1.807, 2.05) is 32.9 Å². The third-order valence-corrected chi connectivity index (χ3v) is 5.30. The van der Waals surface area contributed by atoms with Crippen molar-refractivity contribution in [3.05, 3.63) is 64.1 Å². The highest BCUT2D eigenvalue weighted by molar-refractivity contribution is 6.30. The first-order valence-corrected chi connectivity index (χ1v) is 10.8. The lowest BCUT2D eigenvalue weighted by atomic mass is 10.1. The number of benzene rings is 2. The van der Waals surface area contributed by atoms with Gasteiger partial charge in [-0.05, 0) is 55.7 Å². The van der Waals surface area contributed by atoms with E-state index in [9.17, 15) is 9.59 Å². The summed E-state index contributed by atoms with van der Waals surface area (Å²) >= 11 is 12.0. The first-order chi connectivity index (χ1) is 14.3. The van der Waals surface area contributed by atoms with E-state index >= 15 is 0 Å².